The van der Waals surface area contributed by atoms with Crippen molar-refractivity contribution in [3.63, 3.8) is 0 Å². The van der Waals surface area contributed by atoms with Crippen LogP contribution in [0.5, 0.6) is 0 Å². The van der Waals surface area contributed by atoms with Crippen LogP contribution in [0.1, 0.15) is 42.5 Å². The molecule has 1 aromatic rings. The summed E-state index contributed by atoms with van der Waals surface area (Å²) in [5, 5.41) is 3.50. The van der Waals surface area contributed by atoms with E-state index in [1.807, 2.05) is 11.3 Å². The monoisotopic (exact) mass is 239 g/mol. The van der Waals surface area contributed by atoms with Crippen molar-refractivity contribution < 1.29 is 4.74 Å². The van der Waals surface area contributed by atoms with Gasteiger partial charge in [0.2, 0.25) is 0 Å². The lowest BCUT2D eigenvalue weighted by Gasteiger charge is -2.39. The molecule has 1 aliphatic heterocycles. The molecule has 0 amide bonds. The van der Waals surface area contributed by atoms with E-state index in [2.05, 4.69) is 38.2 Å². The number of morpholine rings is 1. The Bertz CT molecular complexity index is 345. The van der Waals surface area contributed by atoms with Crippen LogP contribution in [0.2, 0.25) is 0 Å². The Hall–Kier alpha value is -0.380. The highest BCUT2D eigenvalue weighted by atomic mass is 32.1. The Balaban J connectivity index is 2.07. The Morgan fingerprint density at radius 2 is 2.38 bits per heavy atom. The van der Waals surface area contributed by atoms with Crippen molar-refractivity contribution in [1.82, 2.24) is 5.32 Å². The zero-order chi connectivity index (χ0) is 11.6. The van der Waals surface area contributed by atoms with E-state index in [0.29, 0.717) is 0 Å². The molecule has 1 aromatic heterocycles. The van der Waals surface area contributed by atoms with Crippen molar-refractivity contribution >= 4 is 11.3 Å². The molecule has 0 bridgehead atoms. The van der Waals surface area contributed by atoms with Crippen molar-refractivity contribution in [1.29, 1.82) is 0 Å². The average Bonchev–Trinajstić information content (AvgIpc) is 2.65. The highest BCUT2D eigenvalue weighted by Gasteiger charge is 2.33. The summed E-state index contributed by atoms with van der Waals surface area (Å²) in [4.78, 5) is 2.72. The van der Waals surface area contributed by atoms with E-state index < -0.39 is 0 Å². The number of thiophene rings is 1. The fraction of sp³-hybridized carbons (Fsp3) is 0.692. The van der Waals surface area contributed by atoms with Crippen molar-refractivity contribution in [2.24, 2.45) is 0 Å². The molecule has 2 heterocycles. The van der Waals surface area contributed by atoms with E-state index in [1.54, 1.807) is 0 Å². The van der Waals surface area contributed by atoms with Gasteiger partial charge in [-0.05, 0) is 32.4 Å². The summed E-state index contributed by atoms with van der Waals surface area (Å²) in [5.41, 5.74) is 0.00949. The minimum atomic E-state index is 0.00949. The van der Waals surface area contributed by atoms with Crippen LogP contribution in [0.15, 0.2) is 12.1 Å². The van der Waals surface area contributed by atoms with Crippen molar-refractivity contribution in [2.75, 3.05) is 13.1 Å². The Morgan fingerprint density at radius 3 is 3.00 bits per heavy atom. The first-order chi connectivity index (χ1) is 7.63. The lowest BCUT2D eigenvalue weighted by atomic mass is 9.98. The second kappa shape index (κ2) is 4.86. The lowest BCUT2D eigenvalue weighted by molar-refractivity contribution is -0.110. The summed E-state index contributed by atoms with van der Waals surface area (Å²) in [6.07, 6.45) is 2.54. The number of nitrogens with one attached hydrogen (secondary N) is 1. The van der Waals surface area contributed by atoms with Crippen molar-refractivity contribution in [2.45, 2.75) is 45.3 Å². The minimum absolute atomic E-state index is 0.00949. The number of aryl methyl sites for hydroxylation is 1. The summed E-state index contributed by atoms with van der Waals surface area (Å²) in [6, 6.07) is 4.37. The van der Waals surface area contributed by atoms with Crippen LogP contribution in [0.25, 0.3) is 0 Å². The van der Waals surface area contributed by atoms with Gasteiger partial charge in [-0.15, -0.1) is 11.3 Å². The zero-order valence-electron chi connectivity index (χ0n) is 10.4. The molecule has 0 spiro atoms. The molecule has 3 heteroatoms. The van der Waals surface area contributed by atoms with Gasteiger partial charge in [-0.2, -0.15) is 0 Å². The van der Waals surface area contributed by atoms with Crippen LogP contribution in [0.4, 0.5) is 0 Å². The summed E-state index contributed by atoms with van der Waals surface area (Å²) in [5.74, 6) is 0. The van der Waals surface area contributed by atoms with E-state index >= 15 is 0 Å². The number of hydrogen-bond donors (Lipinski definition) is 1. The molecule has 2 rings (SSSR count). The second-order valence-electron chi connectivity index (χ2n) is 4.89. The molecule has 0 aromatic carbocycles. The Labute approximate surface area is 102 Å². The summed E-state index contributed by atoms with van der Waals surface area (Å²) in [7, 11) is 0. The smallest absolute Gasteiger partial charge is 0.105 e. The summed E-state index contributed by atoms with van der Waals surface area (Å²) in [6.45, 7) is 8.50. The van der Waals surface area contributed by atoms with Gasteiger partial charge in [0.05, 0.1) is 5.60 Å². The van der Waals surface area contributed by atoms with Gasteiger partial charge in [-0.1, -0.05) is 13.3 Å². The normalized spacial score (nSPS) is 30.6. The molecule has 2 atom stereocenters. The van der Waals surface area contributed by atoms with Gasteiger partial charge in [-0.3, -0.25) is 0 Å². The van der Waals surface area contributed by atoms with Crippen LogP contribution in [-0.4, -0.2) is 18.7 Å². The molecule has 16 heavy (non-hydrogen) atoms. The first-order valence-electron chi connectivity index (χ1n) is 6.08. The quantitative estimate of drug-likeness (QED) is 0.874. The maximum absolute atomic E-state index is 6.26. The van der Waals surface area contributed by atoms with Gasteiger partial charge in [-0.25, -0.2) is 0 Å². The van der Waals surface area contributed by atoms with E-state index in [4.69, 9.17) is 4.74 Å². The number of ether oxygens (including phenoxy) is 1. The highest BCUT2D eigenvalue weighted by Crippen LogP contribution is 2.33. The molecule has 0 radical (unpaired) electrons. The molecular weight excluding hydrogens is 218 g/mol. The third-order valence-electron chi connectivity index (χ3n) is 3.11. The molecule has 0 saturated carbocycles. The van der Waals surface area contributed by atoms with Crippen LogP contribution in [0, 0.1) is 6.92 Å². The fourth-order valence-corrected chi connectivity index (χ4v) is 3.26. The molecule has 1 fully saturated rings. The molecule has 1 saturated heterocycles. The lowest BCUT2D eigenvalue weighted by Crippen LogP contribution is -2.48. The SMILES string of the molecule is CCCC1(C)CNCC(c2ccc(C)s2)O1. The minimum Gasteiger partial charge on any atom is -0.364 e. The third kappa shape index (κ3) is 2.65. The zero-order valence-corrected chi connectivity index (χ0v) is 11.2. The highest BCUT2D eigenvalue weighted by molar-refractivity contribution is 7.12. The van der Waals surface area contributed by atoms with Gasteiger partial charge in [0.15, 0.2) is 0 Å². The summed E-state index contributed by atoms with van der Waals surface area (Å²) < 4.78 is 6.26. The van der Waals surface area contributed by atoms with Gasteiger partial charge in [0.1, 0.15) is 6.10 Å². The van der Waals surface area contributed by atoms with Crippen LogP contribution >= 0.6 is 11.3 Å². The van der Waals surface area contributed by atoms with Crippen LogP contribution in [0.3, 0.4) is 0 Å². The average molecular weight is 239 g/mol. The largest absolute Gasteiger partial charge is 0.364 e. The van der Waals surface area contributed by atoms with Gasteiger partial charge >= 0.3 is 0 Å². The van der Waals surface area contributed by atoms with Gasteiger partial charge < -0.3 is 10.1 Å². The van der Waals surface area contributed by atoms with Gasteiger partial charge in [0.25, 0.3) is 0 Å². The maximum Gasteiger partial charge on any atom is 0.105 e. The predicted molar refractivity (Wildman–Crippen MR) is 69.1 cm³/mol. The van der Waals surface area contributed by atoms with Crippen molar-refractivity contribution in [3.05, 3.63) is 21.9 Å². The van der Waals surface area contributed by atoms with Crippen molar-refractivity contribution in [3.8, 4) is 0 Å². The molecule has 1 aliphatic rings. The van der Waals surface area contributed by atoms with E-state index in [0.717, 1.165) is 19.5 Å². The molecular formula is C13H21NOS. The second-order valence-corrected chi connectivity index (χ2v) is 6.21. The Morgan fingerprint density at radius 1 is 1.56 bits per heavy atom. The van der Waals surface area contributed by atoms with E-state index in [1.165, 1.54) is 16.2 Å². The Kier molecular flexibility index (Phi) is 3.67. The first-order valence-corrected chi connectivity index (χ1v) is 6.89. The molecule has 2 nitrogen and oxygen atoms in total. The molecule has 90 valence electrons. The van der Waals surface area contributed by atoms with Crippen LogP contribution in [-0.2, 0) is 4.74 Å². The predicted octanol–water partition coefficient (Wildman–Crippen LogP) is 3.28. The fourth-order valence-electron chi connectivity index (χ4n) is 2.36. The standard InChI is InChI=1S/C13H21NOS/c1-4-7-13(3)9-14-8-11(15-13)12-6-5-10(2)16-12/h5-6,11,14H,4,7-9H2,1-3H3. The molecule has 1 N–H and O–H groups in total. The maximum atomic E-state index is 6.26. The first kappa shape index (κ1) is 12.1. The molecule has 2 unspecified atom stereocenters. The van der Waals surface area contributed by atoms with E-state index in [-0.39, 0.29) is 11.7 Å². The number of rotatable bonds is 3. The third-order valence-corrected chi connectivity index (χ3v) is 4.21. The van der Waals surface area contributed by atoms with Gasteiger partial charge in [0, 0.05) is 22.8 Å². The molecule has 0 aliphatic carbocycles. The summed E-state index contributed by atoms with van der Waals surface area (Å²) >= 11 is 1.85. The van der Waals surface area contributed by atoms with E-state index in [9.17, 15) is 0 Å². The van der Waals surface area contributed by atoms with Crippen LogP contribution < -0.4 is 5.32 Å². The topological polar surface area (TPSA) is 21.3 Å². The number of hydrogen-bond acceptors (Lipinski definition) is 3.